The number of nitrogens with zero attached hydrogens (tertiary/aromatic N) is 1. The molecule has 0 spiro atoms. The van der Waals surface area contributed by atoms with Crippen LogP contribution in [0.15, 0.2) is 54.7 Å². The molecule has 7 nitrogen and oxygen atoms in total. The van der Waals surface area contributed by atoms with Crippen molar-refractivity contribution in [1.29, 1.82) is 0 Å². The second-order valence-corrected chi connectivity index (χ2v) is 7.63. The molecular formula is C23H29N3O4. The first-order valence-electron chi connectivity index (χ1n) is 10.3. The van der Waals surface area contributed by atoms with E-state index in [9.17, 15) is 14.7 Å². The Kier molecular flexibility index (Phi) is 7.93. The topological polar surface area (TPSA) is 101 Å². The smallest absolute Gasteiger partial charge is 0.226 e. The number of carbonyl (C=O) groups excluding carboxylic acids is 2. The maximum Gasteiger partial charge on any atom is 0.226 e. The molecule has 2 aromatic rings. The highest BCUT2D eigenvalue weighted by molar-refractivity contribution is 5.78. The van der Waals surface area contributed by atoms with Crippen molar-refractivity contribution in [3.8, 4) is 0 Å². The van der Waals surface area contributed by atoms with E-state index in [0.717, 1.165) is 5.56 Å². The summed E-state index contributed by atoms with van der Waals surface area (Å²) >= 11 is 0. The number of nitrogens with one attached hydrogen (secondary N) is 2. The molecule has 160 valence electrons. The minimum atomic E-state index is -0.532. The van der Waals surface area contributed by atoms with Gasteiger partial charge in [0.25, 0.3) is 0 Å². The van der Waals surface area contributed by atoms with Crippen molar-refractivity contribution >= 4 is 11.8 Å². The zero-order chi connectivity index (χ0) is 21.3. The van der Waals surface area contributed by atoms with Crippen LogP contribution < -0.4 is 10.6 Å². The fourth-order valence-electron chi connectivity index (χ4n) is 3.70. The summed E-state index contributed by atoms with van der Waals surface area (Å²) in [6, 6.07) is 14.8. The van der Waals surface area contributed by atoms with Crippen LogP contribution in [0, 0.1) is 0 Å². The second-order valence-electron chi connectivity index (χ2n) is 7.63. The molecule has 1 fully saturated rings. The van der Waals surface area contributed by atoms with Crippen LogP contribution in [0.4, 0.5) is 0 Å². The molecule has 1 aromatic heterocycles. The number of benzene rings is 1. The lowest BCUT2D eigenvalue weighted by molar-refractivity contribution is -0.136. The van der Waals surface area contributed by atoms with Crippen LogP contribution in [-0.4, -0.2) is 46.8 Å². The zero-order valence-corrected chi connectivity index (χ0v) is 17.2. The molecule has 2 heterocycles. The standard InChI is InChI=1S/C23H29N3O4/c1-16(17-7-3-2-4-8-17)25-23(29)14-19-10-11-20(21(15-27)30-19)26-22(28)13-18-9-5-6-12-24-18/h2-9,12,16,19-21,27H,10-11,13-15H2,1H3,(H,25,29)(H,26,28)/t16-,19-,20+,21+/m0/s1. The Labute approximate surface area is 176 Å². The lowest BCUT2D eigenvalue weighted by Crippen LogP contribution is -2.51. The molecule has 4 atom stereocenters. The molecule has 30 heavy (non-hydrogen) atoms. The summed E-state index contributed by atoms with van der Waals surface area (Å²) in [5.74, 6) is -0.251. The molecular weight excluding hydrogens is 382 g/mol. The molecule has 1 saturated heterocycles. The van der Waals surface area contributed by atoms with Gasteiger partial charge in [-0.3, -0.25) is 14.6 Å². The highest BCUT2D eigenvalue weighted by Crippen LogP contribution is 2.22. The van der Waals surface area contributed by atoms with E-state index in [0.29, 0.717) is 18.5 Å². The normalized spacial score (nSPS) is 22.1. The average molecular weight is 412 g/mol. The summed E-state index contributed by atoms with van der Waals surface area (Å²) in [6.07, 6.45) is 2.52. The zero-order valence-electron chi connectivity index (χ0n) is 17.2. The Morgan fingerprint density at radius 1 is 1.13 bits per heavy atom. The van der Waals surface area contributed by atoms with E-state index in [2.05, 4.69) is 15.6 Å². The summed E-state index contributed by atoms with van der Waals surface area (Å²) in [5.41, 5.74) is 1.73. The van der Waals surface area contributed by atoms with Crippen LogP contribution in [0.1, 0.15) is 43.5 Å². The van der Waals surface area contributed by atoms with Crippen molar-refractivity contribution in [2.24, 2.45) is 0 Å². The summed E-state index contributed by atoms with van der Waals surface area (Å²) in [5, 5.41) is 15.6. The number of hydrogen-bond donors (Lipinski definition) is 3. The van der Waals surface area contributed by atoms with Gasteiger partial charge in [-0.25, -0.2) is 0 Å². The van der Waals surface area contributed by atoms with Gasteiger partial charge in [0.1, 0.15) is 6.10 Å². The Morgan fingerprint density at radius 2 is 1.90 bits per heavy atom. The van der Waals surface area contributed by atoms with Gasteiger partial charge in [-0.1, -0.05) is 36.4 Å². The van der Waals surface area contributed by atoms with Gasteiger partial charge >= 0.3 is 0 Å². The monoisotopic (exact) mass is 411 g/mol. The maximum atomic E-state index is 12.4. The molecule has 0 radical (unpaired) electrons. The number of amides is 2. The van der Waals surface area contributed by atoms with Crippen molar-refractivity contribution in [3.05, 3.63) is 66.0 Å². The van der Waals surface area contributed by atoms with Gasteiger partial charge in [-0.2, -0.15) is 0 Å². The van der Waals surface area contributed by atoms with Crippen molar-refractivity contribution in [2.45, 2.75) is 56.9 Å². The number of aromatic nitrogens is 1. The Hall–Kier alpha value is -2.77. The predicted octanol–water partition coefficient (Wildman–Crippen LogP) is 1.92. The number of rotatable bonds is 8. The molecule has 0 aliphatic carbocycles. The lowest BCUT2D eigenvalue weighted by atomic mass is 9.96. The van der Waals surface area contributed by atoms with Gasteiger partial charge in [0.15, 0.2) is 0 Å². The van der Waals surface area contributed by atoms with Gasteiger partial charge in [-0.15, -0.1) is 0 Å². The van der Waals surface area contributed by atoms with Gasteiger partial charge in [0.05, 0.1) is 37.6 Å². The van der Waals surface area contributed by atoms with Gasteiger partial charge in [0.2, 0.25) is 11.8 Å². The molecule has 3 N–H and O–H groups in total. The third kappa shape index (κ3) is 6.37. The van der Waals surface area contributed by atoms with E-state index in [1.807, 2.05) is 43.3 Å². The highest BCUT2D eigenvalue weighted by Gasteiger charge is 2.33. The van der Waals surface area contributed by atoms with Crippen LogP contribution in [-0.2, 0) is 20.7 Å². The number of ether oxygens (including phenoxy) is 1. The summed E-state index contributed by atoms with van der Waals surface area (Å²) in [7, 11) is 0. The fraction of sp³-hybridized carbons (Fsp3) is 0.435. The third-order valence-electron chi connectivity index (χ3n) is 5.30. The third-order valence-corrected chi connectivity index (χ3v) is 5.30. The first-order valence-corrected chi connectivity index (χ1v) is 10.3. The SMILES string of the molecule is C[C@H](NC(=O)C[C@@H]1CC[C@@H](NC(=O)Cc2ccccn2)[C@@H](CO)O1)c1ccccc1. The van der Waals surface area contributed by atoms with Gasteiger partial charge < -0.3 is 20.5 Å². The molecule has 7 heteroatoms. The summed E-state index contributed by atoms with van der Waals surface area (Å²) in [6.45, 7) is 1.73. The number of carbonyl (C=O) groups is 2. The summed E-state index contributed by atoms with van der Waals surface area (Å²) in [4.78, 5) is 28.9. The quantitative estimate of drug-likeness (QED) is 0.616. The predicted molar refractivity (Wildman–Crippen MR) is 112 cm³/mol. The molecule has 1 aliphatic rings. The molecule has 0 bridgehead atoms. The Bertz CT molecular complexity index is 816. The highest BCUT2D eigenvalue weighted by atomic mass is 16.5. The molecule has 1 aromatic carbocycles. The second kappa shape index (κ2) is 10.8. The van der Waals surface area contributed by atoms with Crippen LogP contribution in [0.3, 0.4) is 0 Å². The van der Waals surface area contributed by atoms with E-state index < -0.39 is 6.10 Å². The van der Waals surface area contributed by atoms with Crippen LogP contribution in [0.5, 0.6) is 0 Å². The lowest BCUT2D eigenvalue weighted by Gasteiger charge is -2.36. The van der Waals surface area contributed by atoms with Crippen molar-refractivity contribution in [3.63, 3.8) is 0 Å². The molecule has 2 amide bonds. The number of pyridine rings is 1. The molecule has 1 aliphatic heterocycles. The van der Waals surface area contributed by atoms with Crippen LogP contribution >= 0.6 is 0 Å². The van der Waals surface area contributed by atoms with Crippen molar-refractivity contribution in [2.75, 3.05) is 6.61 Å². The largest absolute Gasteiger partial charge is 0.394 e. The van der Waals surface area contributed by atoms with E-state index >= 15 is 0 Å². The molecule has 3 rings (SSSR count). The van der Waals surface area contributed by atoms with Crippen molar-refractivity contribution < 1.29 is 19.4 Å². The fourth-order valence-corrected chi connectivity index (χ4v) is 3.70. The molecule has 0 unspecified atom stereocenters. The maximum absolute atomic E-state index is 12.4. The van der Waals surface area contributed by atoms with Gasteiger partial charge in [-0.05, 0) is 37.5 Å². The first-order chi connectivity index (χ1) is 14.5. The van der Waals surface area contributed by atoms with Crippen LogP contribution in [0.2, 0.25) is 0 Å². The van der Waals surface area contributed by atoms with Gasteiger partial charge in [0, 0.05) is 11.9 Å². The van der Waals surface area contributed by atoms with E-state index in [1.54, 1.807) is 18.3 Å². The van der Waals surface area contributed by atoms with Crippen LogP contribution in [0.25, 0.3) is 0 Å². The Morgan fingerprint density at radius 3 is 2.60 bits per heavy atom. The molecule has 0 saturated carbocycles. The number of aliphatic hydroxyl groups is 1. The first kappa shape index (κ1) is 21.9. The average Bonchev–Trinajstić information content (AvgIpc) is 2.76. The van der Waals surface area contributed by atoms with E-state index in [1.165, 1.54) is 0 Å². The summed E-state index contributed by atoms with van der Waals surface area (Å²) < 4.78 is 5.92. The minimum absolute atomic E-state index is 0.0884. The minimum Gasteiger partial charge on any atom is -0.394 e. The number of hydrogen-bond acceptors (Lipinski definition) is 5. The number of aliphatic hydroxyl groups excluding tert-OH is 1. The van der Waals surface area contributed by atoms with E-state index in [4.69, 9.17) is 4.74 Å². The van der Waals surface area contributed by atoms with E-state index in [-0.39, 0.29) is 49.5 Å². The van der Waals surface area contributed by atoms with Crippen molar-refractivity contribution in [1.82, 2.24) is 15.6 Å². The Balaban J connectivity index is 1.46.